The molecule has 5 nitrogen and oxygen atoms in total. The van der Waals surface area contributed by atoms with E-state index in [1.807, 2.05) is 19.1 Å². The average Bonchev–Trinajstić information content (AvgIpc) is 2.57. The maximum Gasteiger partial charge on any atom is 0.229 e. The number of aliphatic hydroxyl groups is 1. The molecule has 0 heterocycles. The quantitative estimate of drug-likeness (QED) is 0.350. The summed E-state index contributed by atoms with van der Waals surface area (Å²) in [6.45, 7) is 6.90. The highest BCUT2D eigenvalue weighted by molar-refractivity contribution is 7.92. The number of hydrogen-bond acceptors (Lipinski definition) is 4. The van der Waals surface area contributed by atoms with Gasteiger partial charge in [-0.25, -0.2) is 12.8 Å². The van der Waals surface area contributed by atoms with E-state index in [-0.39, 0.29) is 0 Å². The Labute approximate surface area is 170 Å². The third-order valence-electron chi connectivity index (χ3n) is 4.73. The van der Waals surface area contributed by atoms with Crippen molar-refractivity contribution in [1.82, 2.24) is 4.90 Å². The number of rotatable bonds is 14. The molecular weight excluding hydrogens is 379 g/mol. The molecule has 0 fully saturated rings. The zero-order valence-corrected chi connectivity index (χ0v) is 18.6. The number of halogens is 1. The van der Waals surface area contributed by atoms with Crippen LogP contribution < -0.4 is 4.72 Å². The summed E-state index contributed by atoms with van der Waals surface area (Å²) in [4.78, 5) is 2.07. The largest absolute Gasteiger partial charge is 0.378 e. The van der Waals surface area contributed by atoms with Crippen LogP contribution in [0.1, 0.15) is 64.9 Å². The molecule has 1 atom stereocenters. The van der Waals surface area contributed by atoms with E-state index in [9.17, 15) is 17.9 Å². The molecule has 1 aromatic rings. The average molecular weight is 417 g/mol. The zero-order chi connectivity index (χ0) is 21.2. The minimum absolute atomic E-state index is 0.464. The van der Waals surface area contributed by atoms with E-state index in [2.05, 4.69) is 9.62 Å². The first-order chi connectivity index (χ1) is 13.0. The van der Waals surface area contributed by atoms with E-state index in [1.165, 1.54) is 0 Å². The molecule has 0 amide bonds. The predicted octanol–water partition coefficient (Wildman–Crippen LogP) is 4.33. The molecule has 0 radical (unpaired) electrons. The van der Waals surface area contributed by atoms with Crippen LogP contribution in [0.5, 0.6) is 0 Å². The summed E-state index contributed by atoms with van der Waals surface area (Å²) in [6.07, 6.45) is 6.44. The molecule has 0 saturated heterocycles. The first-order valence-electron chi connectivity index (χ1n) is 10.2. The molecule has 0 aliphatic rings. The Morgan fingerprint density at radius 3 is 2.32 bits per heavy atom. The summed E-state index contributed by atoms with van der Waals surface area (Å²) in [5.41, 5.74) is 0.575. The number of benzene rings is 1. The van der Waals surface area contributed by atoms with Crippen LogP contribution in [-0.4, -0.2) is 49.7 Å². The van der Waals surface area contributed by atoms with E-state index in [0.717, 1.165) is 57.0 Å². The predicted molar refractivity (Wildman–Crippen MR) is 115 cm³/mol. The number of sulfonamides is 1. The third kappa shape index (κ3) is 11.6. The van der Waals surface area contributed by atoms with Crippen molar-refractivity contribution in [3.63, 3.8) is 0 Å². The first kappa shape index (κ1) is 24.9. The fourth-order valence-corrected chi connectivity index (χ4v) is 3.74. The molecule has 28 heavy (non-hydrogen) atoms. The number of nitrogens with one attached hydrogen (secondary N) is 1. The summed E-state index contributed by atoms with van der Waals surface area (Å²) in [5.74, 6) is 0. The van der Waals surface area contributed by atoms with Crippen molar-refractivity contribution in [2.24, 2.45) is 0 Å². The molecule has 162 valence electrons. The smallest absolute Gasteiger partial charge is 0.229 e. The van der Waals surface area contributed by atoms with Crippen molar-refractivity contribution < 1.29 is 17.9 Å². The lowest BCUT2D eigenvalue weighted by Gasteiger charge is -2.26. The normalized spacial score (nSPS) is 13.7. The molecule has 2 N–H and O–H groups in total. The number of hydrogen-bond donors (Lipinski definition) is 2. The fraction of sp³-hybridized carbons (Fsp3) is 0.714. The van der Waals surface area contributed by atoms with Crippen LogP contribution >= 0.6 is 0 Å². The van der Waals surface area contributed by atoms with Gasteiger partial charge in [-0.2, -0.15) is 0 Å². The van der Waals surface area contributed by atoms with Crippen molar-refractivity contribution >= 4 is 15.7 Å². The molecule has 1 aromatic carbocycles. The van der Waals surface area contributed by atoms with Gasteiger partial charge in [0.15, 0.2) is 0 Å². The van der Waals surface area contributed by atoms with E-state index in [4.69, 9.17) is 0 Å². The Hall–Kier alpha value is -1.18. The van der Waals surface area contributed by atoms with Gasteiger partial charge in [0, 0.05) is 12.2 Å². The van der Waals surface area contributed by atoms with Crippen molar-refractivity contribution in [3.8, 4) is 0 Å². The molecule has 0 aliphatic heterocycles. The topological polar surface area (TPSA) is 69.6 Å². The Kier molecular flexibility index (Phi) is 10.4. The number of anilines is 1. The second-order valence-corrected chi connectivity index (χ2v) is 9.85. The lowest BCUT2D eigenvalue weighted by atomic mass is 10.0. The van der Waals surface area contributed by atoms with Crippen molar-refractivity contribution in [1.29, 1.82) is 0 Å². The Morgan fingerprint density at radius 2 is 1.79 bits per heavy atom. The monoisotopic (exact) mass is 416 g/mol. The zero-order valence-electron chi connectivity index (χ0n) is 17.7. The first-order valence-corrected chi connectivity index (χ1v) is 12.1. The Balaban J connectivity index is 2.30. The lowest BCUT2D eigenvalue weighted by molar-refractivity contribution is -0.00138. The lowest BCUT2D eigenvalue weighted by Crippen LogP contribution is -2.35. The van der Waals surface area contributed by atoms with Crippen LogP contribution in [0.25, 0.3) is 0 Å². The van der Waals surface area contributed by atoms with Crippen LogP contribution in [0.2, 0.25) is 0 Å². The number of aryl methyl sites for hydroxylation is 1. The summed E-state index contributed by atoms with van der Waals surface area (Å²) in [6, 6.07) is 7.32. The maximum atomic E-state index is 13.5. The molecule has 7 heteroatoms. The van der Waals surface area contributed by atoms with Crippen molar-refractivity contribution in [2.45, 2.75) is 77.6 Å². The second kappa shape index (κ2) is 11.7. The van der Waals surface area contributed by atoms with Gasteiger partial charge in [-0.1, -0.05) is 31.9 Å². The minimum Gasteiger partial charge on any atom is -0.378 e. The standard InChI is InChI=1S/C21H37FN2O3S/c1-5-24(17-8-6-7-16-21(2,3)22)20(25)11-9-10-18-12-14-19(15-13-18)23-28(4,26)27/h12-15,20,23,25H,5-11,16-17H2,1-4H3. The molecule has 1 rings (SSSR count). The number of aliphatic hydroxyl groups excluding tert-OH is 1. The highest BCUT2D eigenvalue weighted by Gasteiger charge is 2.16. The number of unbranched alkanes of at least 4 members (excludes halogenated alkanes) is 2. The summed E-state index contributed by atoms with van der Waals surface area (Å²) >= 11 is 0. The molecule has 0 saturated carbocycles. The van der Waals surface area contributed by atoms with Gasteiger partial charge >= 0.3 is 0 Å². The highest BCUT2D eigenvalue weighted by Crippen LogP contribution is 2.18. The van der Waals surface area contributed by atoms with Gasteiger partial charge in [0.05, 0.1) is 6.26 Å². The van der Waals surface area contributed by atoms with Gasteiger partial charge in [-0.05, 0) is 70.2 Å². The van der Waals surface area contributed by atoms with E-state index in [0.29, 0.717) is 18.5 Å². The van der Waals surface area contributed by atoms with Crippen molar-refractivity contribution in [3.05, 3.63) is 29.8 Å². The molecule has 0 spiro atoms. The van der Waals surface area contributed by atoms with Gasteiger partial charge in [-0.3, -0.25) is 9.62 Å². The number of nitrogens with zero attached hydrogens (tertiary/aromatic N) is 1. The fourth-order valence-electron chi connectivity index (χ4n) is 3.18. The van der Waals surface area contributed by atoms with Gasteiger partial charge in [0.2, 0.25) is 10.0 Å². The molecule has 0 aromatic heterocycles. The van der Waals surface area contributed by atoms with Gasteiger partial charge in [0.25, 0.3) is 0 Å². The van der Waals surface area contributed by atoms with Crippen LogP contribution in [0, 0.1) is 0 Å². The van der Waals surface area contributed by atoms with Crippen LogP contribution in [0.15, 0.2) is 24.3 Å². The van der Waals surface area contributed by atoms with Gasteiger partial charge in [0.1, 0.15) is 11.9 Å². The maximum absolute atomic E-state index is 13.5. The summed E-state index contributed by atoms with van der Waals surface area (Å²) in [7, 11) is -3.26. The molecule has 0 aliphatic carbocycles. The second-order valence-electron chi connectivity index (χ2n) is 8.10. The van der Waals surface area contributed by atoms with Crippen LogP contribution in [0.4, 0.5) is 10.1 Å². The summed E-state index contributed by atoms with van der Waals surface area (Å²) in [5, 5.41) is 10.4. The van der Waals surface area contributed by atoms with Gasteiger partial charge in [-0.15, -0.1) is 0 Å². The SMILES string of the molecule is CCN(CCCCCC(C)(C)F)C(O)CCCc1ccc(NS(C)(=O)=O)cc1. The molecular formula is C21H37FN2O3S. The Morgan fingerprint density at radius 1 is 1.14 bits per heavy atom. The summed E-state index contributed by atoms with van der Waals surface area (Å²) < 4.78 is 38.3. The number of alkyl halides is 1. The van der Waals surface area contributed by atoms with E-state index < -0.39 is 21.9 Å². The van der Waals surface area contributed by atoms with Crippen LogP contribution in [0.3, 0.4) is 0 Å². The Bertz CT molecular complexity index is 657. The minimum atomic E-state index is -3.26. The highest BCUT2D eigenvalue weighted by atomic mass is 32.2. The van der Waals surface area contributed by atoms with Gasteiger partial charge < -0.3 is 5.11 Å². The van der Waals surface area contributed by atoms with E-state index >= 15 is 0 Å². The molecule has 1 unspecified atom stereocenters. The van der Waals surface area contributed by atoms with Crippen LogP contribution in [-0.2, 0) is 16.4 Å². The van der Waals surface area contributed by atoms with E-state index in [1.54, 1.807) is 26.0 Å². The van der Waals surface area contributed by atoms with Crippen molar-refractivity contribution in [2.75, 3.05) is 24.1 Å². The molecule has 0 bridgehead atoms. The third-order valence-corrected chi connectivity index (χ3v) is 5.34.